The minimum Gasteiger partial charge on any atom is -0.378 e. The zero-order valence-electron chi connectivity index (χ0n) is 9.74. The predicted molar refractivity (Wildman–Crippen MR) is 58.6 cm³/mol. The van der Waals surface area contributed by atoms with E-state index in [0.29, 0.717) is 6.42 Å². The first-order chi connectivity index (χ1) is 7.71. The molecule has 0 aromatic rings. The molecule has 1 atom stereocenters. The van der Waals surface area contributed by atoms with Crippen molar-refractivity contribution in [1.82, 2.24) is 4.90 Å². The Morgan fingerprint density at radius 2 is 2.31 bits per heavy atom. The molecule has 1 unspecified atom stereocenters. The summed E-state index contributed by atoms with van der Waals surface area (Å²) in [6.07, 6.45) is 5.30. The largest absolute Gasteiger partial charge is 0.378 e. The van der Waals surface area contributed by atoms with Gasteiger partial charge < -0.3 is 9.64 Å². The van der Waals surface area contributed by atoms with Gasteiger partial charge in [0, 0.05) is 13.7 Å². The molecule has 0 aromatic heterocycles. The predicted octanol–water partition coefficient (Wildman–Crippen LogP) is 1.46. The van der Waals surface area contributed by atoms with E-state index in [1.165, 1.54) is 0 Å². The quantitative estimate of drug-likeness (QED) is 0.726. The van der Waals surface area contributed by atoms with Crippen molar-refractivity contribution >= 4 is 5.91 Å². The second kappa shape index (κ2) is 4.42. The van der Waals surface area contributed by atoms with Crippen molar-refractivity contribution in [2.75, 3.05) is 13.7 Å². The molecule has 2 rings (SSSR count). The Kier molecular flexibility index (Phi) is 3.15. The van der Waals surface area contributed by atoms with E-state index in [1.54, 1.807) is 12.0 Å². The molecule has 2 fully saturated rings. The van der Waals surface area contributed by atoms with Crippen LogP contribution in [0.1, 0.15) is 38.5 Å². The van der Waals surface area contributed by atoms with Gasteiger partial charge in [0.25, 0.3) is 0 Å². The molecule has 0 aromatic carbocycles. The first kappa shape index (κ1) is 11.4. The summed E-state index contributed by atoms with van der Waals surface area (Å²) in [4.78, 5) is 13.8. The zero-order chi connectivity index (χ0) is 11.6. The van der Waals surface area contributed by atoms with Crippen LogP contribution in [0.15, 0.2) is 0 Å². The first-order valence-electron chi connectivity index (χ1n) is 5.95. The van der Waals surface area contributed by atoms with Crippen molar-refractivity contribution in [3.63, 3.8) is 0 Å². The number of amides is 1. The number of carbonyl (C=O) groups is 1. The maximum Gasteiger partial charge on any atom is 0.226 e. The highest BCUT2D eigenvalue weighted by atomic mass is 16.5. The fraction of sp³-hybridized carbons (Fsp3) is 0.833. The van der Waals surface area contributed by atoms with Crippen molar-refractivity contribution in [3.8, 4) is 6.07 Å². The molecule has 88 valence electrons. The van der Waals surface area contributed by atoms with Gasteiger partial charge in [0.2, 0.25) is 5.91 Å². The van der Waals surface area contributed by atoms with Crippen LogP contribution in [0.5, 0.6) is 0 Å². The third-order valence-corrected chi connectivity index (χ3v) is 3.89. The third-order valence-electron chi connectivity index (χ3n) is 3.89. The van der Waals surface area contributed by atoms with Crippen LogP contribution >= 0.6 is 0 Å². The average molecular weight is 222 g/mol. The van der Waals surface area contributed by atoms with Crippen molar-refractivity contribution in [2.45, 2.75) is 50.2 Å². The monoisotopic (exact) mass is 222 g/mol. The minimum absolute atomic E-state index is 0.0885. The van der Waals surface area contributed by atoms with Crippen molar-refractivity contribution in [2.24, 2.45) is 0 Å². The number of hydrogen-bond donors (Lipinski definition) is 0. The van der Waals surface area contributed by atoms with E-state index in [0.717, 1.165) is 38.6 Å². The molecule has 1 heterocycles. The number of carbonyl (C=O) groups excluding carboxylic acids is 1. The standard InChI is InChI=1S/C12H18N2O2/c1-16-12(5-3-6-12)8-11(15)14-7-2-4-10(14)9-13/h10H,2-8H2,1H3. The van der Waals surface area contributed by atoms with Crippen LogP contribution in [0.25, 0.3) is 0 Å². The van der Waals surface area contributed by atoms with E-state index in [1.807, 2.05) is 0 Å². The van der Waals surface area contributed by atoms with Crippen LogP contribution in [0, 0.1) is 11.3 Å². The van der Waals surface area contributed by atoms with E-state index in [4.69, 9.17) is 10.00 Å². The molecular formula is C12H18N2O2. The average Bonchev–Trinajstić information content (AvgIpc) is 2.71. The summed E-state index contributed by atoms with van der Waals surface area (Å²) in [7, 11) is 1.68. The normalized spacial score (nSPS) is 27.2. The van der Waals surface area contributed by atoms with Crippen molar-refractivity contribution < 1.29 is 9.53 Å². The van der Waals surface area contributed by atoms with Crippen molar-refractivity contribution in [1.29, 1.82) is 5.26 Å². The molecular weight excluding hydrogens is 204 g/mol. The highest BCUT2D eigenvalue weighted by Crippen LogP contribution is 2.38. The molecule has 1 saturated carbocycles. The lowest BCUT2D eigenvalue weighted by atomic mass is 9.77. The Morgan fingerprint density at radius 3 is 2.81 bits per heavy atom. The van der Waals surface area contributed by atoms with Crippen LogP contribution < -0.4 is 0 Å². The number of ether oxygens (including phenoxy) is 1. The number of likely N-dealkylation sites (tertiary alicyclic amines) is 1. The molecule has 1 aliphatic carbocycles. The lowest BCUT2D eigenvalue weighted by molar-refractivity contribution is -0.144. The molecule has 16 heavy (non-hydrogen) atoms. The molecule has 4 heteroatoms. The van der Waals surface area contributed by atoms with Gasteiger partial charge in [0.05, 0.1) is 18.1 Å². The van der Waals surface area contributed by atoms with Crippen LogP contribution in [0.4, 0.5) is 0 Å². The van der Waals surface area contributed by atoms with Gasteiger partial charge in [0.1, 0.15) is 6.04 Å². The lowest BCUT2D eigenvalue weighted by Gasteiger charge is -2.41. The van der Waals surface area contributed by atoms with Gasteiger partial charge in [0.15, 0.2) is 0 Å². The smallest absolute Gasteiger partial charge is 0.226 e. The van der Waals surface area contributed by atoms with E-state index in [2.05, 4.69) is 6.07 Å². The zero-order valence-corrected chi connectivity index (χ0v) is 9.74. The summed E-state index contributed by atoms with van der Waals surface area (Å²) in [6.45, 7) is 0.733. The number of nitrogens with zero attached hydrogens (tertiary/aromatic N) is 2. The summed E-state index contributed by atoms with van der Waals surface area (Å²) in [5.74, 6) is 0.0885. The van der Waals surface area contributed by atoms with E-state index >= 15 is 0 Å². The Morgan fingerprint density at radius 1 is 1.56 bits per heavy atom. The molecule has 0 bridgehead atoms. The van der Waals surface area contributed by atoms with E-state index in [9.17, 15) is 4.79 Å². The Balaban J connectivity index is 1.95. The van der Waals surface area contributed by atoms with E-state index in [-0.39, 0.29) is 17.6 Å². The van der Waals surface area contributed by atoms with Crippen LogP contribution in [0.2, 0.25) is 0 Å². The summed E-state index contributed by atoms with van der Waals surface area (Å²) >= 11 is 0. The minimum atomic E-state index is -0.223. The molecule has 0 radical (unpaired) electrons. The Hall–Kier alpha value is -1.08. The Bertz CT molecular complexity index is 312. The number of nitriles is 1. The van der Waals surface area contributed by atoms with E-state index < -0.39 is 0 Å². The summed E-state index contributed by atoms with van der Waals surface area (Å²) < 4.78 is 5.44. The summed E-state index contributed by atoms with van der Waals surface area (Å²) in [6, 6.07) is 1.99. The molecule has 4 nitrogen and oxygen atoms in total. The number of methoxy groups -OCH3 is 1. The summed E-state index contributed by atoms with van der Waals surface area (Å²) in [5.41, 5.74) is -0.223. The highest BCUT2D eigenvalue weighted by molar-refractivity contribution is 5.78. The van der Waals surface area contributed by atoms with Gasteiger partial charge in [-0.15, -0.1) is 0 Å². The van der Waals surface area contributed by atoms with Gasteiger partial charge in [-0.3, -0.25) is 4.79 Å². The van der Waals surface area contributed by atoms with Gasteiger partial charge in [-0.25, -0.2) is 0 Å². The van der Waals surface area contributed by atoms with Gasteiger partial charge in [-0.2, -0.15) is 5.26 Å². The van der Waals surface area contributed by atoms with Gasteiger partial charge in [-0.1, -0.05) is 0 Å². The second-order valence-corrected chi connectivity index (χ2v) is 4.79. The number of hydrogen-bond acceptors (Lipinski definition) is 3. The Labute approximate surface area is 96.2 Å². The molecule has 1 saturated heterocycles. The topological polar surface area (TPSA) is 53.3 Å². The SMILES string of the molecule is COC1(CC(=O)N2CCCC2C#N)CCC1. The van der Waals surface area contributed by atoms with Crippen molar-refractivity contribution in [3.05, 3.63) is 0 Å². The molecule has 0 spiro atoms. The highest BCUT2D eigenvalue weighted by Gasteiger charge is 2.41. The molecule has 0 N–H and O–H groups in total. The second-order valence-electron chi connectivity index (χ2n) is 4.79. The van der Waals surface area contributed by atoms with Gasteiger partial charge >= 0.3 is 0 Å². The molecule has 2 aliphatic rings. The number of rotatable bonds is 3. The van der Waals surface area contributed by atoms with Gasteiger partial charge in [-0.05, 0) is 32.1 Å². The fourth-order valence-electron chi connectivity index (χ4n) is 2.60. The van der Waals surface area contributed by atoms with Crippen LogP contribution in [-0.2, 0) is 9.53 Å². The van der Waals surface area contributed by atoms with Crippen LogP contribution in [-0.4, -0.2) is 36.1 Å². The lowest BCUT2D eigenvalue weighted by Crippen LogP contribution is -2.46. The maximum absolute atomic E-state index is 12.1. The fourth-order valence-corrected chi connectivity index (χ4v) is 2.60. The van der Waals surface area contributed by atoms with Crippen LogP contribution in [0.3, 0.4) is 0 Å². The molecule has 1 amide bonds. The third kappa shape index (κ3) is 1.92. The molecule has 1 aliphatic heterocycles. The first-order valence-corrected chi connectivity index (χ1v) is 5.95. The summed E-state index contributed by atoms with van der Waals surface area (Å²) in [5, 5.41) is 8.94. The maximum atomic E-state index is 12.1.